The first-order valence-corrected chi connectivity index (χ1v) is 6.25. The molecule has 1 aromatic carbocycles. The number of aromatic nitrogens is 1. The Balaban J connectivity index is 2.16. The van der Waals surface area contributed by atoms with Crippen LogP contribution in [-0.4, -0.2) is 4.98 Å². The van der Waals surface area contributed by atoms with Crippen molar-refractivity contribution in [1.29, 1.82) is 0 Å². The molecule has 0 saturated heterocycles. The summed E-state index contributed by atoms with van der Waals surface area (Å²) in [5, 5.41) is 3.12. The quantitative estimate of drug-likeness (QED) is 0.853. The van der Waals surface area contributed by atoms with Crippen molar-refractivity contribution in [3.63, 3.8) is 0 Å². The number of hydrogen-bond acceptors (Lipinski definition) is 3. The molecule has 0 aliphatic rings. The number of pyridine rings is 1. The number of halogens is 2. The fraction of sp³-hybridized carbons (Fsp3) is 0.154. The van der Waals surface area contributed by atoms with Crippen LogP contribution in [0.15, 0.2) is 35.1 Å². The minimum atomic E-state index is -0.335. The maximum absolute atomic E-state index is 13.4. The van der Waals surface area contributed by atoms with Gasteiger partial charge in [0.1, 0.15) is 5.82 Å². The van der Waals surface area contributed by atoms with Gasteiger partial charge in [0.25, 0.3) is 0 Å². The third kappa shape index (κ3) is 2.79. The van der Waals surface area contributed by atoms with Gasteiger partial charge in [0.15, 0.2) is 0 Å². The van der Waals surface area contributed by atoms with Crippen LogP contribution >= 0.6 is 15.9 Å². The lowest BCUT2D eigenvalue weighted by molar-refractivity contribution is 0.622. The highest BCUT2D eigenvalue weighted by atomic mass is 79.9. The number of nitrogen functional groups attached to an aromatic ring is 1. The molecule has 1 aromatic heterocycles. The van der Waals surface area contributed by atoms with E-state index in [1.165, 1.54) is 6.07 Å². The molecule has 0 saturated carbocycles. The number of nitrogens with zero attached hydrogens (tertiary/aromatic N) is 1. The minimum Gasteiger partial charge on any atom is -0.397 e. The Kier molecular flexibility index (Phi) is 3.81. The number of anilines is 2. The first kappa shape index (κ1) is 12.8. The van der Waals surface area contributed by atoms with Crippen molar-refractivity contribution in [2.24, 2.45) is 0 Å². The molecule has 2 aromatic rings. The maximum Gasteiger partial charge on any atom is 0.139 e. The number of hydrogen-bond donors (Lipinski definition) is 2. The highest BCUT2D eigenvalue weighted by Gasteiger charge is 2.06. The first-order chi connectivity index (χ1) is 8.58. The molecular weight excluding hydrogens is 297 g/mol. The van der Waals surface area contributed by atoms with E-state index in [9.17, 15) is 4.39 Å². The number of benzene rings is 1. The standard InChI is InChI=1S/C13H13BrFN3/c1-8-6-17-3-2-9(8)7-18-13-5-11(15)10(14)4-12(13)16/h2-6,18H,7,16H2,1H3. The van der Waals surface area contributed by atoms with E-state index in [1.807, 2.05) is 13.0 Å². The lowest BCUT2D eigenvalue weighted by Gasteiger charge is -2.11. The summed E-state index contributed by atoms with van der Waals surface area (Å²) in [7, 11) is 0. The summed E-state index contributed by atoms with van der Waals surface area (Å²) in [4.78, 5) is 4.02. The van der Waals surface area contributed by atoms with Gasteiger partial charge in [0.2, 0.25) is 0 Å². The molecule has 5 heteroatoms. The summed E-state index contributed by atoms with van der Waals surface area (Å²) in [6, 6.07) is 4.86. The Morgan fingerprint density at radius 3 is 2.94 bits per heavy atom. The van der Waals surface area contributed by atoms with Crippen molar-refractivity contribution in [1.82, 2.24) is 4.98 Å². The molecule has 1 heterocycles. The smallest absolute Gasteiger partial charge is 0.139 e. The van der Waals surface area contributed by atoms with Crippen LogP contribution < -0.4 is 11.1 Å². The van der Waals surface area contributed by atoms with E-state index in [0.717, 1.165) is 11.1 Å². The van der Waals surface area contributed by atoms with Crippen LogP contribution in [-0.2, 0) is 6.54 Å². The normalized spacial score (nSPS) is 10.4. The van der Waals surface area contributed by atoms with Gasteiger partial charge in [-0.25, -0.2) is 4.39 Å². The zero-order valence-corrected chi connectivity index (χ0v) is 11.5. The number of nitrogens with one attached hydrogen (secondary N) is 1. The number of rotatable bonds is 3. The topological polar surface area (TPSA) is 50.9 Å². The van der Waals surface area contributed by atoms with Gasteiger partial charge in [-0.05, 0) is 46.1 Å². The molecule has 94 valence electrons. The zero-order valence-electron chi connectivity index (χ0n) is 9.87. The lowest BCUT2D eigenvalue weighted by atomic mass is 10.1. The van der Waals surface area contributed by atoms with Crippen molar-refractivity contribution in [3.8, 4) is 0 Å². The number of aryl methyl sites for hydroxylation is 1. The van der Waals surface area contributed by atoms with Gasteiger partial charge in [0.05, 0.1) is 15.8 Å². The van der Waals surface area contributed by atoms with E-state index < -0.39 is 0 Å². The Morgan fingerprint density at radius 2 is 2.22 bits per heavy atom. The van der Waals surface area contributed by atoms with Crippen molar-refractivity contribution in [2.75, 3.05) is 11.1 Å². The molecule has 3 N–H and O–H groups in total. The summed E-state index contributed by atoms with van der Waals surface area (Å²) >= 11 is 3.10. The molecule has 0 unspecified atom stereocenters. The highest BCUT2D eigenvalue weighted by Crippen LogP contribution is 2.26. The SMILES string of the molecule is Cc1cnccc1CNc1cc(F)c(Br)cc1N. The zero-order chi connectivity index (χ0) is 13.1. The highest BCUT2D eigenvalue weighted by molar-refractivity contribution is 9.10. The van der Waals surface area contributed by atoms with Gasteiger partial charge >= 0.3 is 0 Å². The van der Waals surface area contributed by atoms with Crippen LogP contribution in [0.3, 0.4) is 0 Å². The van der Waals surface area contributed by atoms with E-state index in [4.69, 9.17) is 5.73 Å². The molecule has 2 rings (SSSR count). The Labute approximate surface area is 113 Å². The van der Waals surface area contributed by atoms with Gasteiger partial charge in [-0.15, -0.1) is 0 Å². The fourth-order valence-corrected chi connectivity index (χ4v) is 1.97. The molecular formula is C13H13BrFN3. The van der Waals surface area contributed by atoms with Crippen molar-refractivity contribution in [2.45, 2.75) is 13.5 Å². The average molecular weight is 310 g/mol. The maximum atomic E-state index is 13.4. The first-order valence-electron chi connectivity index (χ1n) is 5.46. The molecule has 0 spiro atoms. The van der Waals surface area contributed by atoms with E-state index in [0.29, 0.717) is 22.4 Å². The minimum absolute atomic E-state index is 0.335. The van der Waals surface area contributed by atoms with Crippen LogP contribution in [0.5, 0.6) is 0 Å². The predicted octanol–water partition coefficient (Wildman–Crippen LogP) is 3.49. The largest absolute Gasteiger partial charge is 0.397 e. The second kappa shape index (κ2) is 5.35. The van der Waals surface area contributed by atoms with Gasteiger partial charge in [-0.2, -0.15) is 0 Å². The van der Waals surface area contributed by atoms with Crippen LogP contribution in [0.25, 0.3) is 0 Å². The second-order valence-electron chi connectivity index (χ2n) is 4.01. The summed E-state index contributed by atoms with van der Waals surface area (Å²) in [6.07, 6.45) is 3.53. The Bertz CT molecular complexity index is 572. The van der Waals surface area contributed by atoms with Gasteiger partial charge in [-0.3, -0.25) is 4.98 Å². The Hall–Kier alpha value is -1.62. The van der Waals surface area contributed by atoms with Gasteiger partial charge < -0.3 is 11.1 Å². The third-order valence-corrected chi connectivity index (χ3v) is 3.31. The monoisotopic (exact) mass is 309 g/mol. The van der Waals surface area contributed by atoms with E-state index in [1.54, 1.807) is 18.5 Å². The van der Waals surface area contributed by atoms with E-state index >= 15 is 0 Å². The van der Waals surface area contributed by atoms with Gasteiger partial charge in [-0.1, -0.05) is 0 Å². The molecule has 0 bridgehead atoms. The van der Waals surface area contributed by atoms with Gasteiger partial charge in [0, 0.05) is 25.0 Å². The Morgan fingerprint density at radius 1 is 1.44 bits per heavy atom. The molecule has 0 radical (unpaired) electrons. The van der Waals surface area contributed by atoms with Crippen LogP contribution in [0.1, 0.15) is 11.1 Å². The summed E-state index contributed by atoms with van der Waals surface area (Å²) in [6.45, 7) is 2.56. The molecule has 0 atom stereocenters. The van der Waals surface area contributed by atoms with Crippen LogP contribution in [0.4, 0.5) is 15.8 Å². The molecule has 0 aliphatic heterocycles. The molecule has 3 nitrogen and oxygen atoms in total. The molecule has 18 heavy (non-hydrogen) atoms. The lowest BCUT2D eigenvalue weighted by Crippen LogP contribution is -2.04. The predicted molar refractivity (Wildman–Crippen MR) is 74.8 cm³/mol. The summed E-state index contributed by atoms with van der Waals surface area (Å²) < 4.78 is 13.8. The molecule has 0 amide bonds. The molecule has 0 fully saturated rings. The average Bonchev–Trinajstić information content (AvgIpc) is 2.34. The summed E-state index contributed by atoms with van der Waals surface area (Å²) in [5.74, 6) is -0.335. The van der Waals surface area contributed by atoms with Crippen molar-refractivity contribution in [3.05, 3.63) is 52.0 Å². The number of nitrogens with two attached hydrogens (primary N) is 1. The fourth-order valence-electron chi connectivity index (χ4n) is 1.61. The molecule has 0 aliphatic carbocycles. The van der Waals surface area contributed by atoms with Crippen molar-refractivity contribution < 1.29 is 4.39 Å². The van der Waals surface area contributed by atoms with Crippen LogP contribution in [0.2, 0.25) is 0 Å². The van der Waals surface area contributed by atoms with Crippen molar-refractivity contribution >= 4 is 27.3 Å². The third-order valence-electron chi connectivity index (χ3n) is 2.70. The van der Waals surface area contributed by atoms with E-state index in [2.05, 4.69) is 26.2 Å². The van der Waals surface area contributed by atoms with Crippen LogP contribution in [0, 0.1) is 12.7 Å². The van der Waals surface area contributed by atoms with E-state index in [-0.39, 0.29) is 5.82 Å². The second-order valence-corrected chi connectivity index (χ2v) is 4.86. The summed E-state index contributed by atoms with van der Waals surface area (Å²) in [5.41, 5.74) is 9.11.